The smallest absolute Gasteiger partial charge is 0.329 e. The Hall–Kier alpha value is -0.810. The maximum absolute atomic E-state index is 10.4. The molecule has 0 saturated carbocycles. The van der Waals surface area contributed by atoms with E-state index in [-0.39, 0.29) is 6.61 Å². The van der Waals surface area contributed by atoms with Crippen LogP contribution in [0.4, 0.5) is 0 Å². The van der Waals surface area contributed by atoms with Gasteiger partial charge in [0.1, 0.15) is 31.0 Å². The minimum Gasteiger partial charge on any atom is -0.480 e. The molecule has 0 aliphatic carbocycles. The molecule has 0 bridgehead atoms. The Kier molecular flexibility index (Phi) is 8.18. The zero-order valence-electron chi connectivity index (χ0n) is 12.8. The van der Waals surface area contributed by atoms with Gasteiger partial charge in [0.15, 0.2) is 6.29 Å². The normalized spacial score (nSPS) is 32.4. The summed E-state index contributed by atoms with van der Waals surface area (Å²) in [5, 5.41) is 38.1. The highest BCUT2D eigenvalue weighted by atomic mass is 16.7. The third kappa shape index (κ3) is 6.13. The molecule has 0 aromatic rings. The Bertz CT molecular complexity index is 340. The van der Waals surface area contributed by atoms with Crippen molar-refractivity contribution in [1.82, 2.24) is 4.90 Å². The highest BCUT2D eigenvalue weighted by molar-refractivity contribution is 5.68. The second kappa shape index (κ2) is 9.36. The summed E-state index contributed by atoms with van der Waals surface area (Å²) in [5.74, 6) is -1.25. The monoisotopic (exact) mass is 323 g/mol. The molecule has 1 rings (SSSR count). The van der Waals surface area contributed by atoms with Gasteiger partial charge in [-0.05, 0) is 27.1 Å². The molecule has 130 valence electrons. The van der Waals surface area contributed by atoms with Crippen LogP contribution in [0.1, 0.15) is 6.42 Å². The SMILES string of the molecule is CN(C)CCCOCC1OC(O)C(OCC(=O)O)C(O)C1O. The van der Waals surface area contributed by atoms with Crippen molar-refractivity contribution in [1.29, 1.82) is 0 Å². The van der Waals surface area contributed by atoms with Gasteiger partial charge in [-0.3, -0.25) is 0 Å². The Morgan fingerprint density at radius 1 is 1.23 bits per heavy atom. The number of nitrogens with zero attached hydrogens (tertiary/aromatic N) is 1. The molecule has 0 amide bonds. The lowest BCUT2D eigenvalue weighted by Crippen LogP contribution is -2.59. The van der Waals surface area contributed by atoms with Crippen LogP contribution in [0.3, 0.4) is 0 Å². The number of aliphatic hydroxyl groups is 3. The largest absolute Gasteiger partial charge is 0.480 e. The zero-order valence-corrected chi connectivity index (χ0v) is 12.8. The summed E-state index contributed by atoms with van der Waals surface area (Å²) in [6.45, 7) is 0.606. The molecule has 22 heavy (non-hydrogen) atoms. The predicted octanol–water partition coefficient (Wildman–Crippen LogP) is -2.14. The quantitative estimate of drug-likeness (QED) is 0.351. The number of rotatable bonds is 9. The zero-order chi connectivity index (χ0) is 16.7. The van der Waals surface area contributed by atoms with E-state index in [0.29, 0.717) is 6.61 Å². The number of aliphatic carboxylic acids is 1. The number of aliphatic hydroxyl groups excluding tert-OH is 3. The summed E-state index contributed by atoms with van der Waals surface area (Å²) in [5.41, 5.74) is 0. The first-order chi connectivity index (χ1) is 10.3. The molecule has 1 aliphatic heterocycles. The number of hydrogen-bond donors (Lipinski definition) is 4. The number of ether oxygens (including phenoxy) is 3. The van der Waals surface area contributed by atoms with Gasteiger partial charge in [-0.15, -0.1) is 0 Å². The van der Waals surface area contributed by atoms with Gasteiger partial charge in [-0.1, -0.05) is 0 Å². The van der Waals surface area contributed by atoms with E-state index in [1.54, 1.807) is 0 Å². The predicted molar refractivity (Wildman–Crippen MR) is 74.3 cm³/mol. The standard InChI is InChI=1S/C13H25NO8/c1-14(2)4-3-5-20-6-8-10(17)11(18)12(13(19)22-8)21-7-9(15)16/h8,10-13,17-19H,3-7H2,1-2H3,(H,15,16). The van der Waals surface area contributed by atoms with E-state index in [0.717, 1.165) is 13.0 Å². The summed E-state index contributed by atoms with van der Waals surface area (Å²) in [6.07, 6.45) is -5.77. The van der Waals surface area contributed by atoms with Crippen molar-refractivity contribution in [3.63, 3.8) is 0 Å². The van der Waals surface area contributed by atoms with Crippen LogP contribution in [0, 0.1) is 0 Å². The van der Waals surface area contributed by atoms with Gasteiger partial charge in [0.25, 0.3) is 0 Å². The second-order valence-corrected chi connectivity index (χ2v) is 5.45. The third-order valence-electron chi connectivity index (χ3n) is 3.24. The number of carboxylic acids is 1. The van der Waals surface area contributed by atoms with Crippen molar-refractivity contribution >= 4 is 5.97 Å². The molecule has 0 aromatic carbocycles. The van der Waals surface area contributed by atoms with Crippen molar-refractivity contribution < 1.29 is 39.4 Å². The van der Waals surface area contributed by atoms with E-state index in [2.05, 4.69) is 0 Å². The molecule has 0 spiro atoms. The molecule has 9 heteroatoms. The van der Waals surface area contributed by atoms with Crippen molar-refractivity contribution in [2.45, 2.75) is 37.1 Å². The summed E-state index contributed by atoms with van der Waals surface area (Å²) in [6, 6.07) is 0. The fourth-order valence-electron chi connectivity index (χ4n) is 2.09. The number of hydrogen-bond acceptors (Lipinski definition) is 8. The molecular weight excluding hydrogens is 298 g/mol. The maximum atomic E-state index is 10.4. The summed E-state index contributed by atoms with van der Waals surface area (Å²) < 4.78 is 15.3. The lowest BCUT2D eigenvalue weighted by atomic mass is 9.99. The first kappa shape index (κ1) is 19.2. The van der Waals surface area contributed by atoms with Gasteiger partial charge in [-0.25, -0.2) is 4.79 Å². The topological polar surface area (TPSA) is 129 Å². The van der Waals surface area contributed by atoms with Crippen LogP contribution >= 0.6 is 0 Å². The molecule has 1 saturated heterocycles. The van der Waals surface area contributed by atoms with Crippen LogP contribution in [-0.2, 0) is 19.0 Å². The maximum Gasteiger partial charge on any atom is 0.329 e. The third-order valence-corrected chi connectivity index (χ3v) is 3.24. The van der Waals surface area contributed by atoms with Gasteiger partial charge in [0.2, 0.25) is 0 Å². The van der Waals surface area contributed by atoms with Crippen molar-refractivity contribution in [3.8, 4) is 0 Å². The molecule has 1 fully saturated rings. The lowest BCUT2D eigenvalue weighted by molar-refractivity contribution is -0.297. The Morgan fingerprint density at radius 2 is 1.91 bits per heavy atom. The van der Waals surface area contributed by atoms with Gasteiger partial charge in [0.05, 0.1) is 6.61 Å². The van der Waals surface area contributed by atoms with Crippen LogP contribution in [0.25, 0.3) is 0 Å². The van der Waals surface area contributed by atoms with E-state index in [4.69, 9.17) is 19.3 Å². The summed E-state index contributed by atoms with van der Waals surface area (Å²) in [4.78, 5) is 12.4. The van der Waals surface area contributed by atoms with Gasteiger partial charge < -0.3 is 39.5 Å². The minimum absolute atomic E-state index is 0.00830. The molecular formula is C13H25NO8. The van der Waals surface area contributed by atoms with E-state index >= 15 is 0 Å². The van der Waals surface area contributed by atoms with Crippen molar-refractivity contribution in [3.05, 3.63) is 0 Å². The minimum atomic E-state index is -1.53. The van der Waals surface area contributed by atoms with Crippen LogP contribution in [0.15, 0.2) is 0 Å². The average Bonchev–Trinajstić information content (AvgIpc) is 2.42. The average molecular weight is 323 g/mol. The highest BCUT2D eigenvalue weighted by Crippen LogP contribution is 2.22. The van der Waals surface area contributed by atoms with E-state index in [1.807, 2.05) is 19.0 Å². The van der Waals surface area contributed by atoms with Crippen molar-refractivity contribution in [2.24, 2.45) is 0 Å². The fraction of sp³-hybridized carbons (Fsp3) is 0.923. The molecule has 5 unspecified atom stereocenters. The lowest BCUT2D eigenvalue weighted by Gasteiger charge is -2.40. The number of carbonyl (C=O) groups is 1. The first-order valence-electron chi connectivity index (χ1n) is 7.08. The van der Waals surface area contributed by atoms with Gasteiger partial charge >= 0.3 is 5.97 Å². The van der Waals surface area contributed by atoms with Crippen molar-refractivity contribution in [2.75, 3.05) is 40.5 Å². The van der Waals surface area contributed by atoms with Crippen LogP contribution in [0.5, 0.6) is 0 Å². The Labute approximate surface area is 129 Å². The van der Waals surface area contributed by atoms with E-state index < -0.39 is 43.3 Å². The Balaban J connectivity index is 2.38. The highest BCUT2D eigenvalue weighted by Gasteiger charge is 2.44. The Morgan fingerprint density at radius 3 is 2.50 bits per heavy atom. The molecule has 0 radical (unpaired) electrons. The first-order valence-corrected chi connectivity index (χ1v) is 7.08. The van der Waals surface area contributed by atoms with Crippen LogP contribution in [-0.4, -0.2) is 102 Å². The van der Waals surface area contributed by atoms with E-state index in [1.165, 1.54) is 0 Å². The molecule has 1 aliphatic rings. The van der Waals surface area contributed by atoms with Gasteiger partial charge in [0, 0.05) is 6.61 Å². The molecule has 9 nitrogen and oxygen atoms in total. The summed E-state index contributed by atoms with van der Waals surface area (Å²) >= 11 is 0. The van der Waals surface area contributed by atoms with E-state index in [9.17, 15) is 20.1 Å². The van der Waals surface area contributed by atoms with Crippen LogP contribution < -0.4 is 0 Å². The van der Waals surface area contributed by atoms with Gasteiger partial charge in [-0.2, -0.15) is 0 Å². The molecule has 0 aromatic heterocycles. The summed E-state index contributed by atoms with van der Waals surface area (Å²) in [7, 11) is 3.88. The van der Waals surface area contributed by atoms with Crippen LogP contribution in [0.2, 0.25) is 0 Å². The molecule has 4 N–H and O–H groups in total. The second-order valence-electron chi connectivity index (χ2n) is 5.45. The fourth-order valence-corrected chi connectivity index (χ4v) is 2.09. The molecule has 1 heterocycles. The number of carboxylic acid groups (broad SMARTS) is 1. The molecule has 5 atom stereocenters.